The lowest BCUT2D eigenvalue weighted by Crippen LogP contribution is -2.25. The van der Waals surface area contributed by atoms with E-state index in [9.17, 15) is 4.79 Å². The smallest absolute Gasteiger partial charge is 0.269 e. The van der Waals surface area contributed by atoms with Gasteiger partial charge in [-0.05, 0) is 13.1 Å². The fraction of sp³-hybridized carbons (Fsp3) is 0.333. The molecule has 1 N–H and O–H groups in total. The summed E-state index contributed by atoms with van der Waals surface area (Å²) in [6.07, 6.45) is 0.910. The van der Waals surface area contributed by atoms with Crippen molar-refractivity contribution in [2.24, 2.45) is 0 Å². The number of rotatable bonds is 2. The summed E-state index contributed by atoms with van der Waals surface area (Å²) >= 11 is 9.39. The molecule has 1 amide bonds. The van der Waals surface area contributed by atoms with Crippen molar-refractivity contribution in [2.45, 2.75) is 13.0 Å². The van der Waals surface area contributed by atoms with Gasteiger partial charge in [0.05, 0.1) is 10.7 Å². The number of nitrogens with zero attached hydrogens (tertiary/aromatic N) is 2. The zero-order valence-corrected chi connectivity index (χ0v) is 16.9. The first-order valence-corrected chi connectivity index (χ1v) is 10.6. The molecule has 0 bridgehead atoms. The van der Waals surface area contributed by atoms with E-state index >= 15 is 0 Å². The van der Waals surface area contributed by atoms with E-state index in [0.717, 1.165) is 35.3 Å². The fourth-order valence-electron chi connectivity index (χ4n) is 3.28. The van der Waals surface area contributed by atoms with Gasteiger partial charge in [0, 0.05) is 40.5 Å². The molecule has 1 aromatic carbocycles. The summed E-state index contributed by atoms with van der Waals surface area (Å²) in [7, 11) is 2.09. The standard InChI is InChI=1S/C18H16ClN3O3S2/c1-22-3-2-10-14(8-22)27-18(20-10)21-17(23)16-15(19)9-6-11-12(7-13(9)26-16)25-5-4-24-11/h6-7H,2-5,8H2,1H3,(H,20,21,23). The number of hydrogen-bond donors (Lipinski definition) is 1. The zero-order valence-electron chi connectivity index (χ0n) is 14.5. The first-order chi connectivity index (χ1) is 13.1. The summed E-state index contributed by atoms with van der Waals surface area (Å²) in [6.45, 7) is 2.89. The van der Waals surface area contributed by atoms with Gasteiger partial charge in [-0.3, -0.25) is 10.1 Å². The van der Waals surface area contributed by atoms with Crippen LogP contribution in [0.1, 0.15) is 20.2 Å². The van der Waals surface area contributed by atoms with Crippen LogP contribution in [0.15, 0.2) is 12.1 Å². The van der Waals surface area contributed by atoms with Gasteiger partial charge in [0.15, 0.2) is 16.6 Å². The van der Waals surface area contributed by atoms with Crippen LogP contribution in [0.25, 0.3) is 10.1 Å². The minimum absolute atomic E-state index is 0.236. The van der Waals surface area contributed by atoms with Crippen molar-refractivity contribution in [3.8, 4) is 11.5 Å². The Kier molecular flexibility index (Phi) is 4.23. The van der Waals surface area contributed by atoms with Gasteiger partial charge in [-0.2, -0.15) is 0 Å². The van der Waals surface area contributed by atoms with Gasteiger partial charge in [-0.1, -0.05) is 11.6 Å². The lowest BCUT2D eigenvalue weighted by Gasteiger charge is -2.20. The summed E-state index contributed by atoms with van der Waals surface area (Å²) in [4.78, 5) is 21.3. The Morgan fingerprint density at radius 3 is 2.85 bits per heavy atom. The Balaban J connectivity index is 1.45. The Morgan fingerprint density at radius 1 is 1.26 bits per heavy atom. The molecule has 0 radical (unpaired) electrons. The van der Waals surface area contributed by atoms with Crippen LogP contribution < -0.4 is 14.8 Å². The second-order valence-corrected chi connectivity index (χ2v) is 9.08. The van der Waals surface area contributed by atoms with Crippen LogP contribution in [0, 0.1) is 0 Å². The molecular formula is C18H16ClN3O3S2. The SMILES string of the molecule is CN1CCc2nc(NC(=O)c3sc4cc5c(cc4c3Cl)OCCO5)sc2C1. The highest BCUT2D eigenvalue weighted by molar-refractivity contribution is 7.22. The maximum Gasteiger partial charge on any atom is 0.269 e. The molecule has 0 saturated carbocycles. The molecule has 9 heteroatoms. The lowest BCUT2D eigenvalue weighted by atomic mass is 10.2. The van der Waals surface area contributed by atoms with Gasteiger partial charge in [-0.15, -0.1) is 22.7 Å². The van der Waals surface area contributed by atoms with Crippen molar-refractivity contribution in [1.29, 1.82) is 0 Å². The Bertz CT molecular complexity index is 1060. The van der Waals surface area contributed by atoms with E-state index in [1.54, 1.807) is 0 Å². The van der Waals surface area contributed by atoms with Crippen LogP contribution in [0.4, 0.5) is 5.13 Å². The summed E-state index contributed by atoms with van der Waals surface area (Å²) in [5.74, 6) is 1.12. The van der Waals surface area contributed by atoms with Gasteiger partial charge in [0.1, 0.15) is 18.1 Å². The summed E-state index contributed by atoms with van der Waals surface area (Å²) in [5, 5.41) is 4.78. The number of nitrogens with one attached hydrogen (secondary N) is 1. The number of thiazole rings is 1. The minimum Gasteiger partial charge on any atom is -0.486 e. The van der Waals surface area contributed by atoms with Crippen LogP contribution in [-0.2, 0) is 13.0 Å². The second-order valence-electron chi connectivity index (χ2n) is 6.57. The molecule has 140 valence electrons. The fourth-order valence-corrected chi connectivity index (χ4v) is 5.78. The highest BCUT2D eigenvalue weighted by Crippen LogP contribution is 2.43. The first kappa shape index (κ1) is 17.2. The topological polar surface area (TPSA) is 63.7 Å². The number of benzene rings is 1. The molecule has 3 aromatic rings. The highest BCUT2D eigenvalue weighted by atomic mass is 35.5. The van der Waals surface area contributed by atoms with Crippen molar-refractivity contribution in [2.75, 3.05) is 32.1 Å². The number of aromatic nitrogens is 1. The van der Waals surface area contributed by atoms with E-state index in [2.05, 4.69) is 22.2 Å². The predicted octanol–water partition coefficient (Wildman–Crippen LogP) is 4.02. The molecule has 5 rings (SSSR count). The average Bonchev–Trinajstić information content (AvgIpc) is 3.20. The third kappa shape index (κ3) is 3.06. The predicted molar refractivity (Wildman–Crippen MR) is 108 cm³/mol. The van der Waals surface area contributed by atoms with Crippen molar-refractivity contribution in [1.82, 2.24) is 9.88 Å². The molecular weight excluding hydrogens is 406 g/mol. The van der Waals surface area contributed by atoms with Gasteiger partial charge in [-0.25, -0.2) is 4.98 Å². The van der Waals surface area contributed by atoms with E-state index in [-0.39, 0.29) is 5.91 Å². The molecule has 2 aliphatic heterocycles. The summed E-state index contributed by atoms with van der Waals surface area (Å²) in [6, 6.07) is 3.73. The monoisotopic (exact) mass is 421 g/mol. The van der Waals surface area contributed by atoms with Crippen molar-refractivity contribution in [3.63, 3.8) is 0 Å². The van der Waals surface area contributed by atoms with Crippen LogP contribution >= 0.6 is 34.3 Å². The van der Waals surface area contributed by atoms with Crippen molar-refractivity contribution in [3.05, 3.63) is 32.6 Å². The third-order valence-corrected chi connectivity index (χ3v) is 7.29. The number of anilines is 1. The number of likely N-dealkylation sites (N-methyl/N-ethyl adjacent to an activating group) is 1. The van der Waals surface area contributed by atoms with E-state index in [1.165, 1.54) is 27.6 Å². The molecule has 0 saturated heterocycles. The number of amides is 1. The Hall–Kier alpha value is -1.87. The van der Waals surface area contributed by atoms with Crippen LogP contribution in [-0.4, -0.2) is 42.6 Å². The van der Waals surface area contributed by atoms with Crippen molar-refractivity contribution < 1.29 is 14.3 Å². The molecule has 4 heterocycles. The van der Waals surface area contributed by atoms with Gasteiger partial charge in [0.2, 0.25) is 0 Å². The normalized spacial score (nSPS) is 16.4. The molecule has 2 aliphatic rings. The van der Waals surface area contributed by atoms with E-state index in [4.69, 9.17) is 21.1 Å². The number of thiophene rings is 1. The molecule has 0 atom stereocenters. The van der Waals surface area contributed by atoms with Crippen molar-refractivity contribution >= 4 is 55.4 Å². The number of ether oxygens (including phenoxy) is 2. The van der Waals surface area contributed by atoms with Crippen LogP contribution in [0.5, 0.6) is 11.5 Å². The molecule has 0 unspecified atom stereocenters. The number of hydrogen-bond acceptors (Lipinski definition) is 7. The largest absolute Gasteiger partial charge is 0.486 e. The van der Waals surface area contributed by atoms with E-state index in [1.807, 2.05) is 12.1 Å². The van der Waals surface area contributed by atoms with E-state index in [0.29, 0.717) is 39.7 Å². The molecule has 6 nitrogen and oxygen atoms in total. The number of halogens is 1. The van der Waals surface area contributed by atoms with Gasteiger partial charge < -0.3 is 14.4 Å². The lowest BCUT2D eigenvalue weighted by molar-refractivity contribution is 0.103. The second kappa shape index (κ2) is 6.63. The minimum atomic E-state index is -0.236. The number of carbonyl (C=O) groups excluding carboxylic acids is 1. The number of carbonyl (C=O) groups is 1. The maximum absolute atomic E-state index is 12.8. The Labute approximate surface area is 168 Å². The van der Waals surface area contributed by atoms with E-state index < -0.39 is 0 Å². The summed E-state index contributed by atoms with van der Waals surface area (Å²) < 4.78 is 12.1. The zero-order chi connectivity index (χ0) is 18.5. The molecule has 0 fully saturated rings. The molecule has 2 aromatic heterocycles. The average molecular weight is 422 g/mol. The van der Waals surface area contributed by atoms with Gasteiger partial charge in [0.25, 0.3) is 5.91 Å². The molecule has 27 heavy (non-hydrogen) atoms. The quantitative estimate of drug-likeness (QED) is 0.677. The van der Waals surface area contributed by atoms with Crippen LogP contribution in [0.3, 0.4) is 0 Å². The molecule has 0 spiro atoms. The highest BCUT2D eigenvalue weighted by Gasteiger charge is 2.23. The molecule has 0 aliphatic carbocycles. The van der Waals surface area contributed by atoms with Crippen LogP contribution in [0.2, 0.25) is 5.02 Å². The van der Waals surface area contributed by atoms with Gasteiger partial charge >= 0.3 is 0 Å². The number of fused-ring (bicyclic) bond motifs is 3. The summed E-state index contributed by atoms with van der Waals surface area (Å²) in [5.41, 5.74) is 1.08. The maximum atomic E-state index is 12.8. The third-order valence-electron chi connectivity index (χ3n) is 4.64. The Morgan fingerprint density at radius 2 is 2.04 bits per heavy atom. The first-order valence-electron chi connectivity index (χ1n) is 8.58.